The van der Waals surface area contributed by atoms with Gasteiger partial charge in [0.15, 0.2) is 5.79 Å². The topological polar surface area (TPSA) is 38.7 Å². The van der Waals surface area contributed by atoms with Crippen molar-refractivity contribution in [1.82, 2.24) is 0 Å². The van der Waals surface area contributed by atoms with E-state index < -0.39 is 11.9 Å². The summed E-state index contributed by atoms with van der Waals surface area (Å²) in [5, 5.41) is 9.93. The van der Waals surface area contributed by atoms with Gasteiger partial charge < -0.3 is 14.6 Å². The van der Waals surface area contributed by atoms with Crippen molar-refractivity contribution in [2.75, 3.05) is 13.7 Å². The van der Waals surface area contributed by atoms with Gasteiger partial charge in [0, 0.05) is 12.1 Å². The van der Waals surface area contributed by atoms with Crippen LogP contribution in [-0.4, -0.2) is 24.6 Å². The van der Waals surface area contributed by atoms with Gasteiger partial charge in [0.2, 0.25) is 0 Å². The quantitative estimate of drug-likeness (QED) is 0.810. The third-order valence-electron chi connectivity index (χ3n) is 2.30. The summed E-state index contributed by atoms with van der Waals surface area (Å²) in [6.07, 6.45) is -0.436. The number of halogens is 1. The van der Waals surface area contributed by atoms with E-state index in [1.54, 1.807) is 33.1 Å². The fourth-order valence-electron chi connectivity index (χ4n) is 1.31. The second kappa shape index (κ2) is 5.64. The summed E-state index contributed by atoms with van der Waals surface area (Å²) >= 11 is 5.88. The Morgan fingerprint density at radius 1 is 1.44 bits per heavy atom. The minimum absolute atomic E-state index is 0.118. The molecule has 0 aromatic heterocycles. The highest BCUT2D eigenvalue weighted by Crippen LogP contribution is 2.25. The van der Waals surface area contributed by atoms with Crippen molar-refractivity contribution in [2.45, 2.75) is 25.7 Å². The van der Waals surface area contributed by atoms with Gasteiger partial charge in [-0.2, -0.15) is 0 Å². The molecule has 1 atom stereocenters. The molecule has 0 aliphatic carbocycles. The molecule has 16 heavy (non-hydrogen) atoms. The maximum atomic E-state index is 9.31. The third kappa shape index (κ3) is 3.76. The van der Waals surface area contributed by atoms with Crippen LogP contribution >= 0.6 is 11.6 Å². The molecule has 3 nitrogen and oxygen atoms in total. The molecule has 90 valence electrons. The number of aliphatic hydroxyl groups excluding tert-OH is 1. The van der Waals surface area contributed by atoms with Crippen LogP contribution in [0.4, 0.5) is 0 Å². The van der Waals surface area contributed by atoms with Crippen LogP contribution in [0.5, 0.6) is 0 Å². The van der Waals surface area contributed by atoms with E-state index in [-0.39, 0.29) is 6.61 Å². The summed E-state index contributed by atoms with van der Waals surface area (Å²) in [5.74, 6) is -0.740. The molecule has 0 bridgehead atoms. The standard InChI is InChI=1S/C12H17ClO3/c1-12(2,15-3)16-11(8-14)9-5-4-6-10(13)7-9/h4-7,11,14H,8H2,1-3H3. The van der Waals surface area contributed by atoms with Crippen LogP contribution in [0, 0.1) is 0 Å². The van der Waals surface area contributed by atoms with Gasteiger partial charge in [0.1, 0.15) is 6.10 Å². The van der Waals surface area contributed by atoms with E-state index in [0.29, 0.717) is 5.02 Å². The zero-order valence-corrected chi connectivity index (χ0v) is 10.5. The van der Waals surface area contributed by atoms with Gasteiger partial charge in [-0.25, -0.2) is 0 Å². The van der Waals surface area contributed by atoms with Crippen LogP contribution in [-0.2, 0) is 9.47 Å². The second-order valence-electron chi connectivity index (χ2n) is 3.95. The Hall–Kier alpha value is -0.610. The van der Waals surface area contributed by atoms with E-state index in [4.69, 9.17) is 21.1 Å². The van der Waals surface area contributed by atoms with Gasteiger partial charge in [-0.1, -0.05) is 23.7 Å². The molecule has 0 saturated carbocycles. The largest absolute Gasteiger partial charge is 0.393 e. The van der Waals surface area contributed by atoms with E-state index in [1.165, 1.54) is 0 Å². The summed E-state index contributed by atoms with van der Waals surface area (Å²) in [6, 6.07) is 7.23. The van der Waals surface area contributed by atoms with Crippen LogP contribution in [0.2, 0.25) is 5.02 Å². The average Bonchev–Trinajstić information content (AvgIpc) is 2.26. The van der Waals surface area contributed by atoms with E-state index in [0.717, 1.165) is 5.56 Å². The monoisotopic (exact) mass is 244 g/mol. The molecule has 0 aliphatic rings. The van der Waals surface area contributed by atoms with Gasteiger partial charge in [-0.05, 0) is 31.5 Å². The first-order valence-electron chi connectivity index (χ1n) is 5.08. The number of hydrogen-bond acceptors (Lipinski definition) is 3. The molecule has 1 rings (SSSR count). The van der Waals surface area contributed by atoms with Gasteiger partial charge in [0.25, 0.3) is 0 Å². The van der Waals surface area contributed by atoms with Crippen LogP contribution in [0.3, 0.4) is 0 Å². The molecule has 1 unspecified atom stereocenters. The lowest BCUT2D eigenvalue weighted by atomic mass is 10.1. The Bertz CT molecular complexity index is 339. The van der Waals surface area contributed by atoms with Crippen molar-refractivity contribution in [3.63, 3.8) is 0 Å². The highest BCUT2D eigenvalue weighted by atomic mass is 35.5. The van der Waals surface area contributed by atoms with Crippen LogP contribution in [0.1, 0.15) is 25.5 Å². The Labute approximate surface area is 101 Å². The first-order valence-corrected chi connectivity index (χ1v) is 5.45. The molecular weight excluding hydrogens is 228 g/mol. The summed E-state index contributed by atoms with van der Waals surface area (Å²) in [4.78, 5) is 0. The molecular formula is C12H17ClO3. The fraction of sp³-hybridized carbons (Fsp3) is 0.500. The van der Waals surface area contributed by atoms with Crippen molar-refractivity contribution in [1.29, 1.82) is 0 Å². The van der Waals surface area contributed by atoms with Crippen molar-refractivity contribution in [3.05, 3.63) is 34.9 Å². The predicted octanol–water partition coefficient (Wildman–Crippen LogP) is 2.77. The summed E-state index contributed by atoms with van der Waals surface area (Å²) < 4.78 is 10.8. The third-order valence-corrected chi connectivity index (χ3v) is 2.54. The lowest BCUT2D eigenvalue weighted by Gasteiger charge is -2.28. The minimum Gasteiger partial charge on any atom is -0.393 e. The summed E-state index contributed by atoms with van der Waals surface area (Å²) in [6.45, 7) is 3.47. The van der Waals surface area contributed by atoms with Crippen LogP contribution in [0.15, 0.2) is 24.3 Å². The number of rotatable bonds is 5. The van der Waals surface area contributed by atoms with E-state index in [2.05, 4.69) is 0 Å². The number of aliphatic hydroxyl groups is 1. The van der Waals surface area contributed by atoms with Gasteiger partial charge >= 0.3 is 0 Å². The van der Waals surface area contributed by atoms with Crippen molar-refractivity contribution < 1.29 is 14.6 Å². The first kappa shape index (κ1) is 13.5. The molecule has 1 aromatic rings. The number of benzene rings is 1. The van der Waals surface area contributed by atoms with Crippen LogP contribution in [0.25, 0.3) is 0 Å². The first-order chi connectivity index (χ1) is 7.48. The SMILES string of the molecule is COC(C)(C)OC(CO)c1cccc(Cl)c1. The lowest BCUT2D eigenvalue weighted by molar-refractivity contribution is -0.231. The summed E-state index contributed by atoms with van der Waals surface area (Å²) in [5.41, 5.74) is 0.833. The number of ether oxygens (including phenoxy) is 2. The Kier molecular flexibility index (Phi) is 4.74. The maximum Gasteiger partial charge on any atom is 0.163 e. The highest BCUT2D eigenvalue weighted by molar-refractivity contribution is 6.30. The highest BCUT2D eigenvalue weighted by Gasteiger charge is 2.23. The Balaban J connectivity index is 2.82. The normalized spacial score (nSPS) is 13.8. The van der Waals surface area contributed by atoms with Crippen molar-refractivity contribution >= 4 is 11.6 Å². The van der Waals surface area contributed by atoms with Gasteiger partial charge in [-0.15, -0.1) is 0 Å². The van der Waals surface area contributed by atoms with E-state index in [1.807, 2.05) is 12.1 Å². The molecule has 4 heteroatoms. The zero-order chi connectivity index (χ0) is 12.2. The summed E-state index contributed by atoms with van der Waals surface area (Å²) in [7, 11) is 1.56. The van der Waals surface area contributed by atoms with Crippen LogP contribution < -0.4 is 0 Å². The molecule has 0 radical (unpaired) electrons. The predicted molar refractivity (Wildman–Crippen MR) is 63.5 cm³/mol. The Morgan fingerprint density at radius 2 is 2.12 bits per heavy atom. The average molecular weight is 245 g/mol. The van der Waals surface area contributed by atoms with Gasteiger partial charge in [0.05, 0.1) is 6.61 Å². The van der Waals surface area contributed by atoms with E-state index >= 15 is 0 Å². The second-order valence-corrected chi connectivity index (χ2v) is 4.38. The molecule has 0 fully saturated rings. The molecule has 0 saturated heterocycles. The van der Waals surface area contributed by atoms with E-state index in [9.17, 15) is 5.11 Å². The molecule has 0 spiro atoms. The van der Waals surface area contributed by atoms with Gasteiger partial charge in [-0.3, -0.25) is 0 Å². The molecule has 1 N–H and O–H groups in total. The minimum atomic E-state index is -0.740. The number of methoxy groups -OCH3 is 1. The fourth-order valence-corrected chi connectivity index (χ4v) is 1.51. The molecule has 0 aliphatic heterocycles. The lowest BCUT2D eigenvalue weighted by Crippen LogP contribution is -2.30. The zero-order valence-electron chi connectivity index (χ0n) is 9.74. The van der Waals surface area contributed by atoms with Crippen molar-refractivity contribution in [3.8, 4) is 0 Å². The Morgan fingerprint density at radius 3 is 2.62 bits per heavy atom. The van der Waals surface area contributed by atoms with Crippen molar-refractivity contribution in [2.24, 2.45) is 0 Å². The molecule has 0 heterocycles. The number of hydrogen-bond donors (Lipinski definition) is 1. The smallest absolute Gasteiger partial charge is 0.163 e. The molecule has 0 amide bonds. The maximum absolute atomic E-state index is 9.31. The molecule has 1 aromatic carbocycles.